The number of benzene rings is 1. The number of rotatable bonds is 3. The van der Waals surface area contributed by atoms with Crippen LogP contribution in [0.4, 0.5) is 21.0 Å². The summed E-state index contributed by atoms with van der Waals surface area (Å²) < 4.78 is 10.6. The van der Waals surface area contributed by atoms with Gasteiger partial charge < -0.3 is 9.47 Å². The summed E-state index contributed by atoms with van der Waals surface area (Å²) in [5.74, 6) is 0. The minimum atomic E-state index is -0.850. The van der Waals surface area contributed by atoms with E-state index < -0.39 is 23.4 Å². The number of hydrogen-bond donors (Lipinski definition) is 2. The molecule has 0 atom stereocenters. The van der Waals surface area contributed by atoms with Crippen LogP contribution in [-0.4, -0.2) is 28.6 Å². The lowest BCUT2D eigenvalue weighted by Crippen LogP contribution is -2.74. The first-order valence-electron chi connectivity index (χ1n) is 7.88. The second-order valence-electron chi connectivity index (χ2n) is 7.44. The maximum Gasteiger partial charge on any atom is 0.424 e. The van der Waals surface area contributed by atoms with Crippen LogP contribution in [0.15, 0.2) is 24.8 Å². The van der Waals surface area contributed by atoms with Crippen LogP contribution in [0.5, 0.6) is 0 Å². The Morgan fingerprint density at radius 1 is 1.08 bits per heavy atom. The molecule has 0 bridgehead atoms. The van der Waals surface area contributed by atoms with Crippen LogP contribution in [0, 0.1) is 0 Å². The SMILES string of the molecule is C=Cc1cc(N(C(=O)OC(C)(C)C)C(=O)OC(C)(C)C)ccc1[NH2+]O. The van der Waals surface area contributed by atoms with Crippen LogP contribution in [0.1, 0.15) is 47.1 Å². The van der Waals surface area contributed by atoms with E-state index in [0.717, 1.165) is 10.4 Å². The van der Waals surface area contributed by atoms with E-state index in [1.165, 1.54) is 12.1 Å². The number of imide groups is 1. The van der Waals surface area contributed by atoms with Crippen molar-refractivity contribution in [1.82, 2.24) is 0 Å². The molecule has 0 aliphatic carbocycles. The van der Waals surface area contributed by atoms with Crippen LogP contribution in [0.25, 0.3) is 6.08 Å². The molecule has 0 aliphatic heterocycles. The zero-order chi connectivity index (χ0) is 19.4. The highest BCUT2D eigenvalue weighted by atomic mass is 16.6. The fourth-order valence-electron chi connectivity index (χ4n) is 1.90. The molecular formula is C18H27N2O5+. The van der Waals surface area contributed by atoms with Crippen molar-refractivity contribution in [2.45, 2.75) is 52.7 Å². The van der Waals surface area contributed by atoms with Gasteiger partial charge in [-0.25, -0.2) is 14.8 Å². The van der Waals surface area contributed by atoms with E-state index in [-0.39, 0.29) is 5.69 Å². The van der Waals surface area contributed by atoms with Crippen LogP contribution in [-0.2, 0) is 9.47 Å². The summed E-state index contributed by atoms with van der Waals surface area (Å²) in [4.78, 5) is 25.9. The van der Waals surface area contributed by atoms with Crippen LogP contribution >= 0.6 is 0 Å². The van der Waals surface area contributed by atoms with E-state index in [9.17, 15) is 14.8 Å². The van der Waals surface area contributed by atoms with Crippen molar-refractivity contribution in [2.24, 2.45) is 0 Å². The first-order chi connectivity index (χ1) is 11.4. The summed E-state index contributed by atoms with van der Waals surface area (Å²) >= 11 is 0. The topological polar surface area (TPSA) is 92.7 Å². The molecule has 0 saturated heterocycles. The predicted octanol–water partition coefficient (Wildman–Crippen LogP) is 3.59. The average molecular weight is 351 g/mol. The molecule has 2 amide bonds. The summed E-state index contributed by atoms with van der Waals surface area (Å²) in [6.45, 7) is 13.9. The first kappa shape index (κ1) is 20.7. The molecular weight excluding hydrogens is 324 g/mol. The molecule has 0 saturated carbocycles. The van der Waals surface area contributed by atoms with E-state index in [2.05, 4.69) is 6.58 Å². The number of nitrogens with zero attached hydrogens (tertiary/aromatic N) is 1. The number of anilines is 1. The summed E-state index contributed by atoms with van der Waals surface area (Å²) in [7, 11) is 0. The highest BCUT2D eigenvalue weighted by molar-refractivity contribution is 6.09. The molecule has 0 unspecified atom stereocenters. The maximum atomic E-state index is 12.6. The van der Waals surface area contributed by atoms with Crippen molar-refractivity contribution >= 4 is 29.6 Å². The zero-order valence-electron chi connectivity index (χ0n) is 15.6. The zero-order valence-corrected chi connectivity index (χ0v) is 15.6. The van der Waals surface area contributed by atoms with Crippen LogP contribution in [0.3, 0.4) is 0 Å². The van der Waals surface area contributed by atoms with Crippen LogP contribution in [0.2, 0.25) is 0 Å². The maximum absolute atomic E-state index is 12.6. The minimum Gasteiger partial charge on any atom is -0.443 e. The Bertz CT molecular complexity index is 628. The normalized spacial score (nSPS) is 11.6. The second kappa shape index (κ2) is 7.67. The quantitative estimate of drug-likeness (QED) is 0.641. The number of carbonyl (C=O) groups excluding carboxylic acids is 2. The van der Waals surface area contributed by atoms with E-state index >= 15 is 0 Å². The minimum absolute atomic E-state index is 0.254. The van der Waals surface area contributed by atoms with Crippen molar-refractivity contribution in [3.63, 3.8) is 0 Å². The lowest BCUT2D eigenvalue weighted by molar-refractivity contribution is -0.825. The molecule has 0 heterocycles. The molecule has 1 rings (SSSR count). The third kappa shape index (κ3) is 6.21. The highest BCUT2D eigenvalue weighted by Gasteiger charge is 2.33. The van der Waals surface area contributed by atoms with Crippen molar-refractivity contribution in [3.8, 4) is 0 Å². The van der Waals surface area contributed by atoms with Gasteiger partial charge in [-0.1, -0.05) is 12.7 Å². The number of nitrogens with two attached hydrogens (primary N) is 1. The standard InChI is InChI=1S/C18H26N2O5/c1-8-12-11-13(9-10-14(12)19-23)20(15(21)24-17(2,3)4)16(22)25-18(5,6)7/h8-11,19,23H,1H2,2-7H3/p+1. The summed E-state index contributed by atoms with van der Waals surface area (Å²) in [5.41, 5.74) is 0.675. The Labute approximate surface area is 148 Å². The van der Waals surface area contributed by atoms with Gasteiger partial charge >= 0.3 is 12.2 Å². The van der Waals surface area contributed by atoms with Gasteiger partial charge in [0, 0.05) is 11.6 Å². The van der Waals surface area contributed by atoms with Gasteiger partial charge in [-0.3, -0.25) is 0 Å². The molecule has 25 heavy (non-hydrogen) atoms. The smallest absolute Gasteiger partial charge is 0.424 e. The fourth-order valence-corrected chi connectivity index (χ4v) is 1.90. The number of carbonyl (C=O) groups is 2. The molecule has 3 N–H and O–H groups in total. The number of quaternary nitrogens is 1. The molecule has 0 aromatic heterocycles. The Balaban J connectivity index is 3.33. The van der Waals surface area contributed by atoms with Gasteiger partial charge in [-0.05, 0) is 53.7 Å². The lowest BCUT2D eigenvalue weighted by Gasteiger charge is -2.28. The van der Waals surface area contributed by atoms with E-state index in [1.54, 1.807) is 53.7 Å². The molecule has 7 nitrogen and oxygen atoms in total. The van der Waals surface area contributed by atoms with Gasteiger partial charge in [0.15, 0.2) is 5.69 Å². The molecule has 1 aromatic carbocycles. The lowest BCUT2D eigenvalue weighted by atomic mass is 10.1. The monoisotopic (exact) mass is 351 g/mol. The molecule has 1 aromatic rings. The first-order valence-corrected chi connectivity index (χ1v) is 7.88. The Morgan fingerprint density at radius 2 is 1.56 bits per heavy atom. The largest absolute Gasteiger partial charge is 0.443 e. The van der Waals surface area contributed by atoms with E-state index in [4.69, 9.17) is 9.47 Å². The number of hydrogen-bond acceptors (Lipinski definition) is 5. The van der Waals surface area contributed by atoms with Gasteiger partial charge in [0.05, 0.1) is 5.69 Å². The Morgan fingerprint density at radius 3 is 1.92 bits per heavy atom. The van der Waals surface area contributed by atoms with Gasteiger partial charge in [-0.15, -0.1) is 0 Å². The summed E-state index contributed by atoms with van der Waals surface area (Å²) in [6, 6.07) is 4.62. The van der Waals surface area contributed by atoms with Gasteiger partial charge in [0.1, 0.15) is 11.2 Å². The fraction of sp³-hybridized carbons (Fsp3) is 0.444. The molecule has 0 fully saturated rings. The van der Waals surface area contributed by atoms with Crippen molar-refractivity contribution in [1.29, 1.82) is 0 Å². The van der Waals surface area contributed by atoms with E-state index in [0.29, 0.717) is 11.3 Å². The average Bonchev–Trinajstić information content (AvgIpc) is 2.43. The summed E-state index contributed by atoms with van der Waals surface area (Å²) in [5, 5.41) is 9.23. The molecule has 0 radical (unpaired) electrons. The third-order valence-corrected chi connectivity index (χ3v) is 2.84. The van der Waals surface area contributed by atoms with E-state index in [1.807, 2.05) is 0 Å². The predicted molar refractivity (Wildman–Crippen MR) is 94.9 cm³/mol. The van der Waals surface area contributed by atoms with Crippen molar-refractivity contribution in [3.05, 3.63) is 30.3 Å². The number of ether oxygens (including phenoxy) is 2. The summed E-state index contributed by atoms with van der Waals surface area (Å²) in [6.07, 6.45) is -0.191. The van der Waals surface area contributed by atoms with Crippen molar-refractivity contribution < 1.29 is 29.8 Å². The Hall–Kier alpha value is -2.38. The second-order valence-corrected chi connectivity index (χ2v) is 7.44. The Kier molecular flexibility index (Phi) is 6.34. The van der Waals surface area contributed by atoms with Gasteiger partial charge in [-0.2, -0.15) is 10.4 Å². The van der Waals surface area contributed by atoms with Crippen LogP contribution < -0.4 is 10.4 Å². The number of amides is 2. The third-order valence-electron chi connectivity index (χ3n) is 2.84. The van der Waals surface area contributed by atoms with Gasteiger partial charge in [0.2, 0.25) is 0 Å². The highest BCUT2D eigenvalue weighted by Crippen LogP contribution is 2.25. The molecule has 0 aliphatic rings. The molecule has 7 heteroatoms. The molecule has 0 spiro atoms. The molecule has 138 valence electrons. The van der Waals surface area contributed by atoms with Gasteiger partial charge in [0.25, 0.3) is 0 Å². The van der Waals surface area contributed by atoms with Crippen molar-refractivity contribution in [2.75, 3.05) is 4.90 Å².